The van der Waals surface area contributed by atoms with Crippen LogP contribution in [0.15, 0.2) is 0 Å². The number of hydrogen-bond donors (Lipinski definition) is 1. The van der Waals surface area contributed by atoms with Crippen molar-refractivity contribution in [3.8, 4) is 0 Å². The number of hydrogen-bond acceptors (Lipinski definition) is 2. The van der Waals surface area contributed by atoms with Crippen LogP contribution in [0.1, 0.15) is 46.0 Å². The van der Waals surface area contributed by atoms with Crippen LogP contribution in [-0.4, -0.2) is 30.1 Å². The summed E-state index contributed by atoms with van der Waals surface area (Å²) in [6.07, 6.45) is 6.74. The van der Waals surface area contributed by atoms with Gasteiger partial charge in [-0.25, -0.2) is 0 Å². The standard InChI is InChI=1S/C12H24N2/c1-3-11(4-2)7-8-14(10-11)12(9-13)5-6-12/h3-10,13H2,1-2H3. The fraction of sp³-hybridized carbons (Fsp3) is 1.00. The average Bonchev–Trinajstić information content (AvgIpc) is 2.92. The Kier molecular flexibility index (Phi) is 2.61. The second kappa shape index (κ2) is 3.49. The van der Waals surface area contributed by atoms with Gasteiger partial charge in [0.25, 0.3) is 0 Å². The highest BCUT2D eigenvalue weighted by Crippen LogP contribution is 2.47. The maximum absolute atomic E-state index is 5.88. The van der Waals surface area contributed by atoms with Crippen molar-refractivity contribution in [3.05, 3.63) is 0 Å². The van der Waals surface area contributed by atoms with Gasteiger partial charge in [-0.15, -0.1) is 0 Å². The average molecular weight is 196 g/mol. The summed E-state index contributed by atoms with van der Waals surface area (Å²) < 4.78 is 0. The fourth-order valence-electron chi connectivity index (χ4n) is 2.96. The monoisotopic (exact) mass is 196 g/mol. The molecule has 0 spiro atoms. The van der Waals surface area contributed by atoms with Crippen LogP contribution in [0, 0.1) is 5.41 Å². The Morgan fingerprint density at radius 2 is 1.79 bits per heavy atom. The molecule has 2 rings (SSSR count). The first-order chi connectivity index (χ1) is 6.70. The lowest BCUT2D eigenvalue weighted by Gasteiger charge is -2.30. The lowest BCUT2D eigenvalue weighted by atomic mass is 9.82. The topological polar surface area (TPSA) is 29.3 Å². The minimum Gasteiger partial charge on any atom is -0.329 e. The molecule has 1 heterocycles. The van der Waals surface area contributed by atoms with Crippen molar-refractivity contribution in [2.45, 2.75) is 51.5 Å². The summed E-state index contributed by atoms with van der Waals surface area (Å²) in [6, 6.07) is 0. The summed E-state index contributed by atoms with van der Waals surface area (Å²) in [5.74, 6) is 0. The number of nitrogens with two attached hydrogens (primary N) is 1. The van der Waals surface area contributed by atoms with Gasteiger partial charge in [0.15, 0.2) is 0 Å². The number of nitrogens with zero attached hydrogens (tertiary/aromatic N) is 1. The molecule has 14 heavy (non-hydrogen) atoms. The van der Waals surface area contributed by atoms with Crippen LogP contribution in [0.3, 0.4) is 0 Å². The second-order valence-electron chi connectivity index (χ2n) is 5.31. The molecule has 1 saturated heterocycles. The molecule has 0 amide bonds. The van der Waals surface area contributed by atoms with Crippen LogP contribution < -0.4 is 5.73 Å². The molecule has 2 N–H and O–H groups in total. The lowest BCUT2D eigenvalue weighted by Crippen LogP contribution is -2.42. The van der Waals surface area contributed by atoms with E-state index in [2.05, 4.69) is 18.7 Å². The lowest BCUT2D eigenvalue weighted by molar-refractivity contribution is 0.182. The Labute approximate surface area is 87.8 Å². The fourth-order valence-corrected chi connectivity index (χ4v) is 2.96. The first-order valence-electron chi connectivity index (χ1n) is 6.15. The molecular weight excluding hydrogens is 172 g/mol. The molecular formula is C12H24N2. The van der Waals surface area contributed by atoms with E-state index in [4.69, 9.17) is 5.73 Å². The Morgan fingerprint density at radius 3 is 2.14 bits per heavy atom. The zero-order chi connectivity index (χ0) is 10.2. The van der Waals surface area contributed by atoms with E-state index >= 15 is 0 Å². The highest BCUT2D eigenvalue weighted by molar-refractivity contribution is 5.08. The largest absolute Gasteiger partial charge is 0.329 e. The van der Waals surface area contributed by atoms with Crippen LogP contribution in [-0.2, 0) is 0 Å². The van der Waals surface area contributed by atoms with Gasteiger partial charge in [0.2, 0.25) is 0 Å². The normalized spacial score (nSPS) is 29.4. The van der Waals surface area contributed by atoms with E-state index in [0.29, 0.717) is 11.0 Å². The molecule has 0 radical (unpaired) electrons. The minimum atomic E-state index is 0.437. The highest BCUT2D eigenvalue weighted by atomic mass is 15.3. The van der Waals surface area contributed by atoms with Crippen molar-refractivity contribution in [2.24, 2.45) is 11.1 Å². The molecule has 0 unspecified atom stereocenters. The SMILES string of the molecule is CCC1(CC)CCN(C2(CN)CC2)C1. The second-order valence-corrected chi connectivity index (χ2v) is 5.31. The Morgan fingerprint density at radius 1 is 1.14 bits per heavy atom. The van der Waals surface area contributed by atoms with E-state index in [1.54, 1.807) is 0 Å². The van der Waals surface area contributed by atoms with Gasteiger partial charge in [-0.3, -0.25) is 4.90 Å². The van der Waals surface area contributed by atoms with Crippen molar-refractivity contribution in [2.75, 3.05) is 19.6 Å². The zero-order valence-electron chi connectivity index (χ0n) is 9.68. The van der Waals surface area contributed by atoms with E-state index in [-0.39, 0.29) is 0 Å². The molecule has 2 nitrogen and oxygen atoms in total. The van der Waals surface area contributed by atoms with Crippen LogP contribution >= 0.6 is 0 Å². The molecule has 1 aliphatic heterocycles. The zero-order valence-corrected chi connectivity index (χ0v) is 9.68. The van der Waals surface area contributed by atoms with E-state index in [1.165, 1.54) is 45.2 Å². The Bertz CT molecular complexity index is 204. The molecule has 2 aliphatic rings. The molecule has 0 aromatic carbocycles. The smallest absolute Gasteiger partial charge is 0.0333 e. The first-order valence-corrected chi connectivity index (χ1v) is 6.15. The summed E-state index contributed by atoms with van der Waals surface area (Å²) in [6.45, 7) is 8.15. The molecule has 0 atom stereocenters. The molecule has 2 fully saturated rings. The van der Waals surface area contributed by atoms with Gasteiger partial charge in [-0.1, -0.05) is 13.8 Å². The van der Waals surface area contributed by atoms with Crippen LogP contribution in [0.4, 0.5) is 0 Å². The number of likely N-dealkylation sites (tertiary alicyclic amines) is 1. The van der Waals surface area contributed by atoms with Crippen molar-refractivity contribution in [1.29, 1.82) is 0 Å². The molecule has 1 saturated carbocycles. The quantitative estimate of drug-likeness (QED) is 0.745. The van der Waals surface area contributed by atoms with Gasteiger partial charge in [0.1, 0.15) is 0 Å². The van der Waals surface area contributed by atoms with Gasteiger partial charge in [-0.2, -0.15) is 0 Å². The molecule has 0 bridgehead atoms. The molecule has 0 aromatic heterocycles. The third kappa shape index (κ3) is 1.49. The third-order valence-corrected chi connectivity index (χ3v) is 4.82. The van der Waals surface area contributed by atoms with Crippen LogP contribution in [0.2, 0.25) is 0 Å². The molecule has 0 aromatic rings. The van der Waals surface area contributed by atoms with Gasteiger partial charge < -0.3 is 5.73 Å². The molecule has 2 heteroatoms. The van der Waals surface area contributed by atoms with E-state index in [1.807, 2.05) is 0 Å². The molecule has 1 aliphatic carbocycles. The van der Waals surface area contributed by atoms with Gasteiger partial charge in [0, 0.05) is 18.6 Å². The van der Waals surface area contributed by atoms with Crippen LogP contribution in [0.5, 0.6) is 0 Å². The van der Waals surface area contributed by atoms with E-state index in [0.717, 1.165) is 6.54 Å². The Hall–Kier alpha value is -0.0800. The van der Waals surface area contributed by atoms with Crippen LogP contribution in [0.25, 0.3) is 0 Å². The summed E-state index contributed by atoms with van der Waals surface area (Å²) in [5.41, 5.74) is 6.93. The summed E-state index contributed by atoms with van der Waals surface area (Å²) in [4.78, 5) is 2.68. The summed E-state index contributed by atoms with van der Waals surface area (Å²) in [5, 5.41) is 0. The summed E-state index contributed by atoms with van der Waals surface area (Å²) >= 11 is 0. The van der Waals surface area contributed by atoms with E-state index < -0.39 is 0 Å². The van der Waals surface area contributed by atoms with Gasteiger partial charge >= 0.3 is 0 Å². The summed E-state index contributed by atoms with van der Waals surface area (Å²) in [7, 11) is 0. The van der Waals surface area contributed by atoms with Gasteiger partial charge in [0.05, 0.1) is 0 Å². The maximum Gasteiger partial charge on any atom is 0.0333 e. The maximum atomic E-state index is 5.88. The predicted molar refractivity (Wildman–Crippen MR) is 60.2 cm³/mol. The predicted octanol–water partition coefficient (Wildman–Crippen LogP) is 1.99. The molecule has 82 valence electrons. The highest BCUT2D eigenvalue weighted by Gasteiger charge is 2.51. The number of rotatable bonds is 4. The van der Waals surface area contributed by atoms with Gasteiger partial charge in [-0.05, 0) is 44.1 Å². The first kappa shape index (κ1) is 10.4. The van der Waals surface area contributed by atoms with Crippen molar-refractivity contribution >= 4 is 0 Å². The van der Waals surface area contributed by atoms with Crippen molar-refractivity contribution < 1.29 is 0 Å². The minimum absolute atomic E-state index is 0.437. The Balaban J connectivity index is 2.00. The van der Waals surface area contributed by atoms with E-state index in [9.17, 15) is 0 Å². The van der Waals surface area contributed by atoms with Crippen molar-refractivity contribution in [3.63, 3.8) is 0 Å². The third-order valence-electron chi connectivity index (χ3n) is 4.82. The van der Waals surface area contributed by atoms with Crippen molar-refractivity contribution in [1.82, 2.24) is 4.90 Å².